The minimum absolute atomic E-state index is 0.104. The Kier molecular flexibility index (Phi) is 7.68. The molecular weight excluding hydrogens is 328 g/mol. The molecule has 2 rings (SSSR count). The Morgan fingerprint density at radius 1 is 1.00 bits per heavy atom. The molecule has 2 aromatic rings. The number of nitrogens with one attached hydrogen (secondary N) is 1. The first kappa shape index (κ1) is 19.5. The first-order chi connectivity index (χ1) is 12.7. The molecule has 0 radical (unpaired) electrons. The fourth-order valence-corrected chi connectivity index (χ4v) is 2.74. The molecule has 0 heterocycles. The summed E-state index contributed by atoms with van der Waals surface area (Å²) in [4.78, 5) is 26.9. The summed E-state index contributed by atoms with van der Waals surface area (Å²) >= 11 is 0. The average molecular weight is 354 g/mol. The topological polar surface area (TPSA) is 58.6 Å². The third kappa shape index (κ3) is 5.62. The molecule has 0 saturated carbocycles. The van der Waals surface area contributed by atoms with E-state index in [-0.39, 0.29) is 18.4 Å². The van der Waals surface area contributed by atoms with Crippen LogP contribution in [0.3, 0.4) is 0 Å². The van der Waals surface area contributed by atoms with Crippen LogP contribution in [-0.4, -0.2) is 35.9 Å². The van der Waals surface area contributed by atoms with Gasteiger partial charge in [0.2, 0.25) is 5.91 Å². The van der Waals surface area contributed by atoms with Gasteiger partial charge in [-0.2, -0.15) is 0 Å². The largest absolute Gasteiger partial charge is 0.484 e. The number of likely N-dealkylation sites (N-methyl/N-ethyl adjacent to an activating group) is 1. The summed E-state index contributed by atoms with van der Waals surface area (Å²) in [5, 5.41) is 2.82. The zero-order chi connectivity index (χ0) is 18.8. The number of benzene rings is 2. The van der Waals surface area contributed by atoms with Gasteiger partial charge in [-0.25, -0.2) is 0 Å². The van der Waals surface area contributed by atoms with Crippen LogP contribution in [0.2, 0.25) is 0 Å². The lowest BCUT2D eigenvalue weighted by Gasteiger charge is -2.30. The quantitative estimate of drug-likeness (QED) is 0.753. The molecule has 0 fully saturated rings. The molecule has 0 aliphatic heterocycles. The molecule has 0 aliphatic rings. The number of ether oxygens (including phenoxy) is 1. The van der Waals surface area contributed by atoms with Crippen molar-refractivity contribution in [2.75, 3.05) is 13.2 Å². The van der Waals surface area contributed by atoms with Gasteiger partial charge in [-0.3, -0.25) is 9.59 Å². The fraction of sp³-hybridized carbons (Fsp3) is 0.333. The summed E-state index contributed by atoms with van der Waals surface area (Å²) in [6.07, 6.45) is 0.537. The maximum atomic E-state index is 12.9. The van der Waals surface area contributed by atoms with Crippen molar-refractivity contribution in [3.05, 3.63) is 66.2 Å². The molecule has 0 aromatic heterocycles. The van der Waals surface area contributed by atoms with Gasteiger partial charge in [0.15, 0.2) is 6.61 Å². The minimum atomic E-state index is -0.526. The highest BCUT2D eigenvalue weighted by Crippen LogP contribution is 2.14. The van der Waals surface area contributed by atoms with Gasteiger partial charge in [0.05, 0.1) is 0 Å². The maximum absolute atomic E-state index is 12.9. The van der Waals surface area contributed by atoms with Gasteiger partial charge in [-0.05, 0) is 31.0 Å². The van der Waals surface area contributed by atoms with E-state index in [4.69, 9.17) is 4.74 Å². The average Bonchev–Trinajstić information content (AvgIpc) is 2.68. The number of nitrogens with zero attached hydrogens (tertiary/aromatic N) is 1. The Morgan fingerprint density at radius 3 is 2.19 bits per heavy atom. The lowest BCUT2D eigenvalue weighted by molar-refractivity contribution is -0.142. The van der Waals surface area contributed by atoms with Crippen molar-refractivity contribution in [1.82, 2.24) is 10.2 Å². The normalized spacial score (nSPS) is 11.5. The van der Waals surface area contributed by atoms with E-state index in [1.165, 1.54) is 0 Å². The molecule has 1 N–H and O–H groups in total. The molecule has 5 nitrogen and oxygen atoms in total. The van der Waals surface area contributed by atoms with Gasteiger partial charge < -0.3 is 15.0 Å². The molecule has 1 atom stereocenters. The summed E-state index contributed by atoms with van der Waals surface area (Å²) in [6, 6.07) is 18.3. The summed E-state index contributed by atoms with van der Waals surface area (Å²) < 4.78 is 5.60. The summed E-state index contributed by atoms with van der Waals surface area (Å²) in [7, 11) is 0. The number of carbonyl (C=O) groups is 2. The van der Waals surface area contributed by atoms with Crippen molar-refractivity contribution >= 4 is 11.8 Å². The van der Waals surface area contributed by atoms with Crippen LogP contribution in [0.15, 0.2) is 60.7 Å². The van der Waals surface area contributed by atoms with Crippen LogP contribution < -0.4 is 10.1 Å². The second-order valence-corrected chi connectivity index (χ2v) is 5.93. The van der Waals surface area contributed by atoms with Crippen LogP contribution in [0.4, 0.5) is 0 Å². The SMILES string of the molecule is CCNC(=O)[C@H](CC)N(Cc1ccccc1)C(=O)COc1ccccc1. The zero-order valence-electron chi connectivity index (χ0n) is 15.4. The molecule has 0 saturated heterocycles. The molecule has 5 heteroatoms. The lowest BCUT2D eigenvalue weighted by atomic mass is 10.1. The van der Waals surface area contributed by atoms with Gasteiger partial charge >= 0.3 is 0 Å². The molecule has 0 aliphatic carbocycles. The van der Waals surface area contributed by atoms with Crippen LogP contribution >= 0.6 is 0 Å². The van der Waals surface area contributed by atoms with Crippen LogP contribution in [-0.2, 0) is 16.1 Å². The summed E-state index contributed by atoms with van der Waals surface area (Å²) in [6.45, 7) is 4.57. The first-order valence-corrected chi connectivity index (χ1v) is 8.94. The third-order valence-corrected chi connectivity index (χ3v) is 4.04. The van der Waals surface area contributed by atoms with E-state index in [0.717, 1.165) is 5.56 Å². The van der Waals surface area contributed by atoms with E-state index in [1.54, 1.807) is 17.0 Å². The van der Waals surface area contributed by atoms with Gasteiger partial charge in [0, 0.05) is 13.1 Å². The van der Waals surface area contributed by atoms with E-state index in [1.807, 2.05) is 62.4 Å². The van der Waals surface area contributed by atoms with Crippen molar-refractivity contribution in [3.63, 3.8) is 0 Å². The van der Waals surface area contributed by atoms with E-state index < -0.39 is 6.04 Å². The Morgan fingerprint density at radius 2 is 1.62 bits per heavy atom. The molecule has 0 bridgehead atoms. The monoisotopic (exact) mass is 354 g/mol. The van der Waals surface area contributed by atoms with E-state index in [2.05, 4.69) is 5.32 Å². The van der Waals surface area contributed by atoms with Crippen LogP contribution in [0, 0.1) is 0 Å². The van der Waals surface area contributed by atoms with Crippen molar-refractivity contribution in [1.29, 1.82) is 0 Å². The predicted octanol–water partition coefficient (Wildman–Crippen LogP) is 3.01. The van der Waals surface area contributed by atoms with Crippen molar-refractivity contribution in [3.8, 4) is 5.75 Å². The predicted molar refractivity (Wildman–Crippen MR) is 102 cm³/mol. The van der Waals surface area contributed by atoms with E-state index >= 15 is 0 Å². The maximum Gasteiger partial charge on any atom is 0.261 e. The van der Waals surface area contributed by atoms with Crippen LogP contribution in [0.1, 0.15) is 25.8 Å². The second kappa shape index (κ2) is 10.2. The van der Waals surface area contributed by atoms with Crippen LogP contribution in [0.25, 0.3) is 0 Å². The highest BCUT2D eigenvalue weighted by molar-refractivity contribution is 5.88. The number of hydrogen-bond acceptors (Lipinski definition) is 3. The minimum Gasteiger partial charge on any atom is -0.484 e. The second-order valence-electron chi connectivity index (χ2n) is 5.93. The number of amides is 2. The molecule has 2 amide bonds. The first-order valence-electron chi connectivity index (χ1n) is 8.94. The van der Waals surface area contributed by atoms with Gasteiger partial charge in [0.25, 0.3) is 5.91 Å². The summed E-state index contributed by atoms with van der Waals surface area (Å²) in [5.41, 5.74) is 0.975. The molecular formula is C21H26N2O3. The third-order valence-electron chi connectivity index (χ3n) is 4.04. The highest BCUT2D eigenvalue weighted by atomic mass is 16.5. The lowest BCUT2D eigenvalue weighted by Crippen LogP contribution is -2.50. The number of rotatable bonds is 9. The smallest absolute Gasteiger partial charge is 0.261 e. The van der Waals surface area contributed by atoms with Gasteiger partial charge in [-0.1, -0.05) is 55.5 Å². The Hall–Kier alpha value is -2.82. The summed E-state index contributed by atoms with van der Waals surface area (Å²) in [5.74, 6) is 0.279. The van der Waals surface area contributed by atoms with E-state index in [9.17, 15) is 9.59 Å². The molecule has 0 spiro atoms. The van der Waals surface area contributed by atoms with Gasteiger partial charge in [-0.15, -0.1) is 0 Å². The van der Waals surface area contributed by atoms with Crippen molar-refractivity contribution in [2.45, 2.75) is 32.9 Å². The van der Waals surface area contributed by atoms with Crippen LogP contribution in [0.5, 0.6) is 5.75 Å². The zero-order valence-corrected chi connectivity index (χ0v) is 15.4. The molecule has 2 aromatic carbocycles. The Balaban J connectivity index is 2.14. The van der Waals surface area contributed by atoms with Crippen molar-refractivity contribution in [2.24, 2.45) is 0 Å². The molecule has 0 unspecified atom stereocenters. The number of hydrogen-bond donors (Lipinski definition) is 1. The Labute approximate surface area is 155 Å². The Bertz CT molecular complexity index is 689. The van der Waals surface area contributed by atoms with Gasteiger partial charge in [0.1, 0.15) is 11.8 Å². The van der Waals surface area contributed by atoms with Crippen molar-refractivity contribution < 1.29 is 14.3 Å². The molecule has 26 heavy (non-hydrogen) atoms. The van der Waals surface area contributed by atoms with E-state index in [0.29, 0.717) is 25.3 Å². The fourth-order valence-electron chi connectivity index (χ4n) is 2.74. The number of para-hydroxylation sites is 1. The molecule has 138 valence electrons. The highest BCUT2D eigenvalue weighted by Gasteiger charge is 2.28. The standard InChI is InChI=1S/C21H26N2O3/c1-3-19(21(25)22-4-2)23(15-17-11-7-5-8-12-17)20(24)16-26-18-13-9-6-10-14-18/h5-14,19H,3-4,15-16H2,1-2H3,(H,22,25)/t19-/m0/s1. The number of carbonyl (C=O) groups excluding carboxylic acids is 2.